The molecule has 11 heteroatoms. The lowest BCUT2D eigenvalue weighted by atomic mass is 10.1. The fourth-order valence-electron chi connectivity index (χ4n) is 2.32. The highest BCUT2D eigenvalue weighted by Crippen LogP contribution is 2.24. The topological polar surface area (TPSA) is 117 Å². The highest BCUT2D eigenvalue weighted by molar-refractivity contribution is 6.31. The lowest BCUT2D eigenvalue weighted by Crippen LogP contribution is -2.33. The van der Waals surface area contributed by atoms with Gasteiger partial charge in [-0.3, -0.25) is 19.5 Å². The second kappa shape index (κ2) is 7.54. The van der Waals surface area contributed by atoms with E-state index in [1.54, 1.807) is 0 Å². The van der Waals surface area contributed by atoms with Gasteiger partial charge in [0, 0.05) is 11.6 Å². The van der Waals surface area contributed by atoms with Crippen molar-refractivity contribution >= 4 is 41.5 Å². The van der Waals surface area contributed by atoms with E-state index in [4.69, 9.17) is 16.7 Å². The highest BCUT2D eigenvalue weighted by atomic mass is 35.5. The number of benzene rings is 1. The summed E-state index contributed by atoms with van der Waals surface area (Å²) in [7, 11) is 0. The highest BCUT2D eigenvalue weighted by Gasteiger charge is 2.20. The molecule has 0 aliphatic heterocycles. The van der Waals surface area contributed by atoms with E-state index >= 15 is 0 Å². The number of rotatable bonds is 4. The molecule has 0 unspecified atom stereocenters. The van der Waals surface area contributed by atoms with Crippen LogP contribution in [0.5, 0.6) is 0 Å². The molecule has 0 fully saturated rings. The zero-order chi connectivity index (χ0) is 18.1. The number of nitrogens with one attached hydrogen (secondary N) is 2. The molecule has 0 spiro atoms. The van der Waals surface area contributed by atoms with E-state index in [2.05, 4.69) is 15.4 Å². The number of amides is 1. The quantitative estimate of drug-likeness (QED) is 0.616. The van der Waals surface area contributed by atoms with Crippen LogP contribution in [-0.4, -0.2) is 38.1 Å². The van der Waals surface area contributed by atoms with Crippen LogP contribution in [0.3, 0.4) is 0 Å². The third kappa shape index (κ3) is 3.53. The predicted octanol–water partition coefficient (Wildman–Crippen LogP) is 1.72. The summed E-state index contributed by atoms with van der Waals surface area (Å²) in [5, 5.41) is 13.4. The van der Waals surface area contributed by atoms with E-state index in [1.165, 1.54) is 23.0 Å². The molecule has 1 aromatic carbocycles. The minimum Gasteiger partial charge on any atom is -0.480 e. The van der Waals surface area contributed by atoms with Crippen molar-refractivity contribution in [3.63, 3.8) is 0 Å². The Hall–Kier alpha value is -2.91. The van der Waals surface area contributed by atoms with Crippen LogP contribution in [-0.2, 0) is 4.79 Å². The molecule has 8 nitrogen and oxygen atoms in total. The van der Waals surface area contributed by atoms with Crippen molar-refractivity contribution in [1.82, 2.24) is 19.9 Å². The minimum absolute atomic E-state index is 0. The zero-order valence-corrected chi connectivity index (χ0v) is 14.4. The van der Waals surface area contributed by atoms with E-state index < -0.39 is 29.7 Å². The maximum absolute atomic E-state index is 13.3. The Morgan fingerprint density at radius 1 is 1.35 bits per heavy atom. The van der Waals surface area contributed by atoms with Crippen LogP contribution >= 0.6 is 24.0 Å². The summed E-state index contributed by atoms with van der Waals surface area (Å²) in [5.74, 6) is -2.71. The third-order valence-electron chi connectivity index (χ3n) is 3.41. The summed E-state index contributed by atoms with van der Waals surface area (Å²) in [6, 6.07) is 5.07. The molecule has 0 atom stereocenters. The standard InChI is InChI=1S/C15H10ClFN4O4.ClH/c16-8-3-7(1-2-9(8)17)10-4-11(22)13(14-19-6-20-21(10)14)15(25)18-5-12(23)24;/h1-4,6H,5H2,(H,18,25)(H,19,20)(H,23,24);1H. The SMILES string of the molecule is Cl.O=C(O)CNC(=O)c1c(=O)cc(-c2ccc(F)c(Cl)c2)n2[nH]cnc12. The van der Waals surface area contributed by atoms with Gasteiger partial charge in [-0.15, -0.1) is 12.4 Å². The molecule has 3 rings (SSSR count). The Balaban J connectivity index is 0.00000243. The van der Waals surface area contributed by atoms with Crippen LogP contribution in [0.15, 0.2) is 35.4 Å². The van der Waals surface area contributed by atoms with Crippen molar-refractivity contribution in [3.8, 4) is 11.3 Å². The number of hydrogen-bond acceptors (Lipinski definition) is 4. The van der Waals surface area contributed by atoms with E-state index in [9.17, 15) is 18.8 Å². The number of carboxylic acids is 1. The summed E-state index contributed by atoms with van der Waals surface area (Å²) in [6.45, 7) is -0.635. The van der Waals surface area contributed by atoms with Crippen molar-refractivity contribution < 1.29 is 19.1 Å². The van der Waals surface area contributed by atoms with E-state index in [-0.39, 0.29) is 28.6 Å². The Morgan fingerprint density at radius 3 is 2.73 bits per heavy atom. The van der Waals surface area contributed by atoms with Crippen LogP contribution in [0, 0.1) is 5.82 Å². The number of aromatic nitrogens is 3. The minimum atomic E-state index is -1.25. The number of aromatic amines is 1. The average Bonchev–Trinajstić information content (AvgIpc) is 3.03. The maximum Gasteiger partial charge on any atom is 0.322 e. The molecule has 0 radical (unpaired) electrons. The Labute approximate surface area is 156 Å². The monoisotopic (exact) mass is 400 g/mol. The van der Waals surface area contributed by atoms with Gasteiger partial charge in [-0.25, -0.2) is 13.9 Å². The summed E-state index contributed by atoms with van der Waals surface area (Å²) in [5.41, 5.74) is -0.217. The summed E-state index contributed by atoms with van der Waals surface area (Å²) >= 11 is 5.77. The van der Waals surface area contributed by atoms with Gasteiger partial charge >= 0.3 is 5.97 Å². The van der Waals surface area contributed by atoms with E-state index in [0.717, 1.165) is 12.1 Å². The van der Waals surface area contributed by atoms with Crippen LogP contribution in [0.4, 0.5) is 4.39 Å². The van der Waals surface area contributed by atoms with Gasteiger partial charge in [0.05, 0.1) is 10.7 Å². The first-order chi connectivity index (χ1) is 11.9. The largest absolute Gasteiger partial charge is 0.480 e. The number of carbonyl (C=O) groups is 2. The zero-order valence-electron chi connectivity index (χ0n) is 12.8. The Morgan fingerprint density at radius 2 is 2.08 bits per heavy atom. The van der Waals surface area contributed by atoms with Gasteiger partial charge in [0.25, 0.3) is 5.91 Å². The first-order valence-electron chi connectivity index (χ1n) is 6.93. The molecular formula is C15H11Cl2FN4O4. The molecule has 136 valence electrons. The molecule has 1 amide bonds. The number of carbonyl (C=O) groups excluding carboxylic acids is 1. The third-order valence-corrected chi connectivity index (χ3v) is 3.70. The number of halogens is 3. The van der Waals surface area contributed by atoms with Crippen LogP contribution in [0.2, 0.25) is 5.02 Å². The number of nitrogens with zero attached hydrogens (tertiary/aromatic N) is 2. The first-order valence-corrected chi connectivity index (χ1v) is 7.31. The van der Waals surface area contributed by atoms with Gasteiger partial charge in [-0.05, 0) is 18.2 Å². The number of fused-ring (bicyclic) bond motifs is 1. The van der Waals surface area contributed by atoms with Gasteiger partial charge < -0.3 is 10.4 Å². The van der Waals surface area contributed by atoms with E-state index in [1.807, 2.05) is 0 Å². The molecule has 2 heterocycles. The summed E-state index contributed by atoms with van der Waals surface area (Å²) < 4.78 is 14.7. The maximum atomic E-state index is 13.3. The van der Waals surface area contributed by atoms with Crippen molar-refractivity contribution in [2.24, 2.45) is 0 Å². The number of carboxylic acid groups (broad SMARTS) is 1. The van der Waals surface area contributed by atoms with Crippen molar-refractivity contribution in [2.75, 3.05) is 6.54 Å². The molecule has 26 heavy (non-hydrogen) atoms. The van der Waals surface area contributed by atoms with Crippen molar-refractivity contribution in [2.45, 2.75) is 0 Å². The second-order valence-electron chi connectivity index (χ2n) is 5.02. The molecule has 0 aliphatic carbocycles. The average molecular weight is 401 g/mol. The second-order valence-corrected chi connectivity index (χ2v) is 5.43. The number of H-pyrrole nitrogens is 1. The number of hydrogen-bond donors (Lipinski definition) is 3. The number of pyridine rings is 1. The molecule has 0 bridgehead atoms. The van der Waals surface area contributed by atoms with Gasteiger partial charge in [0.2, 0.25) is 0 Å². The van der Waals surface area contributed by atoms with Gasteiger partial charge in [-0.1, -0.05) is 11.6 Å². The Bertz CT molecular complexity index is 1060. The molecule has 3 N–H and O–H groups in total. The van der Waals surface area contributed by atoms with Crippen LogP contribution in [0.1, 0.15) is 10.4 Å². The molecular weight excluding hydrogens is 390 g/mol. The summed E-state index contributed by atoms with van der Waals surface area (Å²) in [4.78, 5) is 39.0. The molecule has 0 saturated heterocycles. The molecule has 3 aromatic rings. The van der Waals surface area contributed by atoms with Gasteiger partial charge in [-0.2, -0.15) is 0 Å². The van der Waals surface area contributed by atoms with E-state index in [0.29, 0.717) is 11.3 Å². The fraction of sp³-hybridized carbons (Fsp3) is 0.0667. The first kappa shape index (κ1) is 19.4. The van der Waals surface area contributed by atoms with Crippen molar-refractivity contribution in [3.05, 3.63) is 57.2 Å². The van der Waals surface area contributed by atoms with Crippen molar-refractivity contribution in [1.29, 1.82) is 0 Å². The molecule has 2 aromatic heterocycles. The van der Waals surface area contributed by atoms with Crippen LogP contribution < -0.4 is 10.7 Å². The lowest BCUT2D eigenvalue weighted by molar-refractivity contribution is -0.135. The normalized spacial score (nSPS) is 10.4. The molecule has 0 saturated carbocycles. The number of aliphatic carboxylic acids is 1. The smallest absolute Gasteiger partial charge is 0.322 e. The van der Waals surface area contributed by atoms with Crippen LogP contribution in [0.25, 0.3) is 16.9 Å². The lowest BCUT2D eigenvalue weighted by Gasteiger charge is -2.09. The summed E-state index contributed by atoms with van der Waals surface area (Å²) in [6.07, 6.45) is 1.26. The Kier molecular flexibility index (Phi) is 5.63. The predicted molar refractivity (Wildman–Crippen MR) is 93.4 cm³/mol. The van der Waals surface area contributed by atoms with Gasteiger partial charge in [0.1, 0.15) is 24.3 Å². The molecule has 0 aliphatic rings. The van der Waals surface area contributed by atoms with Gasteiger partial charge in [0.15, 0.2) is 11.1 Å². The fourth-order valence-corrected chi connectivity index (χ4v) is 2.50.